The van der Waals surface area contributed by atoms with E-state index in [0.717, 1.165) is 44.4 Å². The minimum absolute atomic E-state index is 0. The van der Waals surface area contributed by atoms with E-state index in [4.69, 9.17) is 9.47 Å². The lowest BCUT2D eigenvalue weighted by atomic mass is 10.3. The van der Waals surface area contributed by atoms with Gasteiger partial charge in [-0.3, -0.25) is 9.79 Å². The summed E-state index contributed by atoms with van der Waals surface area (Å²) in [6, 6.07) is 7.33. The van der Waals surface area contributed by atoms with E-state index < -0.39 is 0 Å². The van der Waals surface area contributed by atoms with Gasteiger partial charge in [0.05, 0.1) is 6.54 Å². The van der Waals surface area contributed by atoms with Crippen molar-refractivity contribution in [3.05, 3.63) is 24.3 Å². The number of amides is 1. The molecular weight excluding hydrogens is 447 g/mol. The Morgan fingerprint density at radius 2 is 2.00 bits per heavy atom. The fourth-order valence-electron chi connectivity index (χ4n) is 2.05. The molecule has 1 aromatic rings. The molecule has 0 spiro atoms. The van der Waals surface area contributed by atoms with E-state index in [0.29, 0.717) is 18.9 Å². The molecule has 1 aromatic carbocycles. The number of guanidine groups is 1. The maximum Gasteiger partial charge on any atom is 0.221 e. The van der Waals surface area contributed by atoms with Crippen LogP contribution in [-0.4, -0.2) is 51.3 Å². The van der Waals surface area contributed by atoms with Gasteiger partial charge in [-0.2, -0.15) is 0 Å². The normalized spacial score (nSPS) is 10.7. The van der Waals surface area contributed by atoms with Gasteiger partial charge in [-0.05, 0) is 32.4 Å². The summed E-state index contributed by atoms with van der Waals surface area (Å²) in [6.07, 6.45) is 0.900. The first-order valence-electron chi connectivity index (χ1n) is 8.76. The third-order valence-corrected chi connectivity index (χ3v) is 3.08. The summed E-state index contributed by atoms with van der Waals surface area (Å²) in [5, 5.41) is 9.16. The molecule has 148 valence electrons. The van der Waals surface area contributed by atoms with Crippen LogP contribution in [0.5, 0.6) is 5.75 Å². The largest absolute Gasteiger partial charge is 0.492 e. The van der Waals surface area contributed by atoms with E-state index in [1.807, 2.05) is 32.0 Å². The fourth-order valence-corrected chi connectivity index (χ4v) is 2.05. The van der Waals surface area contributed by atoms with E-state index in [1.165, 1.54) is 6.92 Å². The average Bonchev–Trinajstić information content (AvgIpc) is 2.58. The molecular formula is C18H31IN4O3. The lowest BCUT2D eigenvalue weighted by Gasteiger charge is -2.12. The highest BCUT2D eigenvalue weighted by Gasteiger charge is 2.00. The second kappa shape index (κ2) is 15.7. The highest BCUT2D eigenvalue weighted by molar-refractivity contribution is 14.0. The molecule has 7 nitrogen and oxygen atoms in total. The number of nitrogens with zero attached hydrogens (tertiary/aromatic N) is 1. The molecule has 0 unspecified atom stereocenters. The Morgan fingerprint density at radius 1 is 1.19 bits per heavy atom. The van der Waals surface area contributed by atoms with Gasteiger partial charge in [-0.25, -0.2) is 0 Å². The Kier molecular flexibility index (Phi) is 14.8. The molecule has 8 heteroatoms. The summed E-state index contributed by atoms with van der Waals surface area (Å²) in [4.78, 5) is 15.6. The monoisotopic (exact) mass is 478 g/mol. The van der Waals surface area contributed by atoms with Gasteiger partial charge in [0.1, 0.15) is 12.4 Å². The molecule has 0 aliphatic rings. The Morgan fingerprint density at radius 3 is 2.69 bits per heavy atom. The molecule has 1 rings (SSSR count). The number of rotatable bonds is 11. The Hall–Kier alpha value is -1.55. The molecule has 0 aliphatic carbocycles. The molecule has 0 aromatic heterocycles. The van der Waals surface area contributed by atoms with Gasteiger partial charge in [-0.1, -0.05) is 6.07 Å². The summed E-state index contributed by atoms with van der Waals surface area (Å²) >= 11 is 0. The van der Waals surface area contributed by atoms with Crippen LogP contribution in [0.1, 0.15) is 27.2 Å². The maximum absolute atomic E-state index is 11.1. The number of carbonyl (C=O) groups is 1. The third-order valence-electron chi connectivity index (χ3n) is 3.08. The first-order chi connectivity index (χ1) is 12.2. The molecule has 0 heterocycles. The average molecular weight is 478 g/mol. The standard InChI is InChI=1S/C18H30N4O3.HI/c1-4-19-18(20-10-7-12-24-5-2)21-11-13-25-17-9-6-8-16(14-17)22-15(3)23;/h6,8-9,14H,4-5,7,10-13H2,1-3H3,(H,22,23)(H2,19,20,21);1H. The number of halogens is 1. The van der Waals surface area contributed by atoms with Gasteiger partial charge in [0.2, 0.25) is 5.91 Å². The zero-order valence-corrected chi connectivity index (χ0v) is 18.2. The predicted molar refractivity (Wildman–Crippen MR) is 117 cm³/mol. The predicted octanol–water partition coefficient (Wildman–Crippen LogP) is 2.62. The number of carbonyl (C=O) groups excluding carboxylic acids is 1. The van der Waals surface area contributed by atoms with Crippen molar-refractivity contribution >= 4 is 41.5 Å². The number of aliphatic imine (C=N–C) groups is 1. The van der Waals surface area contributed by atoms with Gasteiger partial charge >= 0.3 is 0 Å². The quantitative estimate of drug-likeness (QED) is 0.197. The van der Waals surface area contributed by atoms with Gasteiger partial charge in [-0.15, -0.1) is 24.0 Å². The first kappa shape index (κ1) is 24.5. The Balaban J connectivity index is 0.00000625. The minimum atomic E-state index is -0.102. The van der Waals surface area contributed by atoms with Crippen LogP contribution in [0, 0.1) is 0 Å². The van der Waals surface area contributed by atoms with Crippen LogP contribution in [0.4, 0.5) is 5.69 Å². The van der Waals surface area contributed by atoms with E-state index in [-0.39, 0.29) is 29.9 Å². The number of benzene rings is 1. The fraction of sp³-hybridized carbons (Fsp3) is 0.556. The van der Waals surface area contributed by atoms with Gasteiger partial charge < -0.3 is 25.4 Å². The summed E-state index contributed by atoms with van der Waals surface area (Å²) in [6.45, 7) is 9.60. The molecule has 0 saturated heterocycles. The van der Waals surface area contributed by atoms with Crippen molar-refractivity contribution in [1.82, 2.24) is 10.6 Å². The van der Waals surface area contributed by atoms with Gasteiger partial charge in [0.15, 0.2) is 5.96 Å². The summed E-state index contributed by atoms with van der Waals surface area (Å²) < 4.78 is 11.0. The first-order valence-corrected chi connectivity index (χ1v) is 8.76. The number of ether oxygens (including phenoxy) is 2. The highest BCUT2D eigenvalue weighted by Crippen LogP contribution is 2.16. The smallest absolute Gasteiger partial charge is 0.221 e. The zero-order chi connectivity index (χ0) is 18.3. The van der Waals surface area contributed by atoms with Crippen molar-refractivity contribution in [2.24, 2.45) is 4.99 Å². The van der Waals surface area contributed by atoms with Crippen molar-refractivity contribution in [3.63, 3.8) is 0 Å². The third kappa shape index (κ3) is 11.9. The van der Waals surface area contributed by atoms with E-state index in [2.05, 4.69) is 20.9 Å². The minimum Gasteiger partial charge on any atom is -0.492 e. The molecule has 0 fully saturated rings. The number of hydrogen-bond donors (Lipinski definition) is 3. The van der Waals surface area contributed by atoms with Gasteiger partial charge in [0.25, 0.3) is 0 Å². The van der Waals surface area contributed by atoms with Gasteiger partial charge in [0, 0.05) is 45.0 Å². The second-order valence-corrected chi connectivity index (χ2v) is 5.30. The summed E-state index contributed by atoms with van der Waals surface area (Å²) in [5.74, 6) is 1.39. The van der Waals surface area contributed by atoms with Crippen molar-refractivity contribution in [1.29, 1.82) is 0 Å². The highest BCUT2D eigenvalue weighted by atomic mass is 127. The van der Waals surface area contributed by atoms with Crippen LogP contribution in [0.15, 0.2) is 29.3 Å². The topological polar surface area (TPSA) is 84.0 Å². The van der Waals surface area contributed by atoms with Crippen molar-refractivity contribution < 1.29 is 14.3 Å². The number of hydrogen-bond acceptors (Lipinski definition) is 4. The van der Waals surface area contributed by atoms with Crippen LogP contribution >= 0.6 is 24.0 Å². The molecule has 0 aliphatic heterocycles. The molecule has 26 heavy (non-hydrogen) atoms. The molecule has 0 radical (unpaired) electrons. The molecule has 1 amide bonds. The molecule has 0 bridgehead atoms. The van der Waals surface area contributed by atoms with Crippen molar-refractivity contribution in [2.75, 3.05) is 44.8 Å². The van der Waals surface area contributed by atoms with Crippen LogP contribution in [-0.2, 0) is 9.53 Å². The number of anilines is 1. The molecule has 0 atom stereocenters. The lowest BCUT2D eigenvalue weighted by molar-refractivity contribution is -0.114. The van der Waals surface area contributed by atoms with Crippen molar-refractivity contribution in [2.45, 2.75) is 27.2 Å². The van der Waals surface area contributed by atoms with E-state index >= 15 is 0 Å². The summed E-state index contributed by atoms with van der Waals surface area (Å²) in [5.41, 5.74) is 0.724. The molecule has 3 N–H and O–H groups in total. The Bertz CT molecular complexity index is 541. The van der Waals surface area contributed by atoms with E-state index in [9.17, 15) is 4.79 Å². The van der Waals surface area contributed by atoms with Crippen LogP contribution in [0.3, 0.4) is 0 Å². The second-order valence-electron chi connectivity index (χ2n) is 5.30. The Labute approximate surface area is 173 Å². The van der Waals surface area contributed by atoms with Crippen LogP contribution in [0.25, 0.3) is 0 Å². The van der Waals surface area contributed by atoms with Crippen LogP contribution < -0.4 is 20.7 Å². The van der Waals surface area contributed by atoms with E-state index in [1.54, 1.807) is 6.07 Å². The summed E-state index contributed by atoms with van der Waals surface area (Å²) in [7, 11) is 0. The van der Waals surface area contributed by atoms with Crippen LogP contribution in [0.2, 0.25) is 0 Å². The molecule has 0 saturated carbocycles. The zero-order valence-electron chi connectivity index (χ0n) is 15.8. The maximum atomic E-state index is 11.1. The van der Waals surface area contributed by atoms with Crippen molar-refractivity contribution in [3.8, 4) is 5.75 Å². The number of nitrogens with one attached hydrogen (secondary N) is 3. The SMILES string of the molecule is CCNC(=NCCCOCC)NCCOc1cccc(NC(C)=O)c1.I. The lowest BCUT2D eigenvalue weighted by Crippen LogP contribution is -2.39.